The number of hydrogen-bond donors (Lipinski definition) is 0. The van der Waals surface area contributed by atoms with E-state index in [0.717, 1.165) is 59.4 Å². The molecule has 1 aliphatic heterocycles. The number of Topliss-reactive ketones (excluding diaryl/α,β-unsaturated/α-hetero) is 2. The largest absolute Gasteiger partial charge is 0.497 e. The highest BCUT2D eigenvalue weighted by atomic mass is 16.5. The Morgan fingerprint density at radius 2 is 1.48 bits per heavy atom. The summed E-state index contributed by atoms with van der Waals surface area (Å²) in [4.78, 5) is 25.5. The number of nitrogens with zero attached hydrogens (tertiary/aromatic N) is 1. The molecule has 238 valence electrons. The van der Waals surface area contributed by atoms with Crippen molar-refractivity contribution in [2.24, 2.45) is 0 Å². The number of pyridine rings is 1. The van der Waals surface area contributed by atoms with E-state index in [4.69, 9.17) is 4.74 Å². The average Bonchev–Trinajstić information content (AvgIpc) is 3.60. The Balaban J connectivity index is 1.66. The van der Waals surface area contributed by atoms with Gasteiger partial charge in [-0.2, -0.15) is 0 Å². The van der Waals surface area contributed by atoms with Crippen molar-refractivity contribution in [1.29, 1.82) is 0 Å². The van der Waals surface area contributed by atoms with Gasteiger partial charge >= 0.3 is 0 Å². The van der Waals surface area contributed by atoms with Crippen LogP contribution < -0.4 is 15.2 Å². The summed E-state index contributed by atoms with van der Waals surface area (Å²) in [7, 11) is 1.75. The van der Waals surface area contributed by atoms with Crippen LogP contribution in [0.5, 0.6) is 5.75 Å². The number of aromatic nitrogens is 1. The van der Waals surface area contributed by atoms with Gasteiger partial charge in [0.2, 0.25) is 0 Å². The summed E-state index contributed by atoms with van der Waals surface area (Å²) in [5.41, 5.74) is 9.55. The van der Waals surface area contributed by atoms with Gasteiger partial charge in [-0.15, -0.1) is 0 Å². The molecule has 4 heteroatoms. The highest BCUT2D eigenvalue weighted by Gasteiger charge is 2.46. The third-order valence-electron chi connectivity index (χ3n) is 10.3. The fraction of sp³-hybridized carbons (Fsp3) is 0.381. The molecule has 0 radical (unpaired) electrons. The summed E-state index contributed by atoms with van der Waals surface area (Å²) >= 11 is 0. The lowest BCUT2D eigenvalue weighted by Crippen LogP contribution is -2.36. The zero-order valence-corrected chi connectivity index (χ0v) is 28.2. The first-order chi connectivity index (χ1) is 22.3. The highest BCUT2D eigenvalue weighted by molar-refractivity contribution is 6.12. The van der Waals surface area contributed by atoms with Crippen molar-refractivity contribution in [2.75, 3.05) is 7.11 Å². The summed E-state index contributed by atoms with van der Waals surface area (Å²) in [6.07, 6.45) is 20.5. The van der Waals surface area contributed by atoms with Crippen molar-refractivity contribution in [3.05, 3.63) is 99.2 Å². The number of unbranched alkanes of at least 4 members (excludes halogenated alkanes) is 6. The van der Waals surface area contributed by atoms with Crippen molar-refractivity contribution >= 4 is 29.3 Å². The van der Waals surface area contributed by atoms with Crippen molar-refractivity contribution in [3.63, 3.8) is 0 Å². The summed E-state index contributed by atoms with van der Waals surface area (Å²) < 4.78 is 7.91. The molecule has 3 aliphatic carbocycles. The quantitative estimate of drug-likeness (QED) is 0.105. The van der Waals surface area contributed by atoms with E-state index in [9.17, 15) is 9.59 Å². The molecule has 0 bridgehead atoms. The van der Waals surface area contributed by atoms with Crippen LogP contribution in [0.4, 0.5) is 0 Å². The van der Waals surface area contributed by atoms with Crippen LogP contribution in [-0.4, -0.2) is 23.2 Å². The minimum Gasteiger partial charge on any atom is -0.497 e. The van der Waals surface area contributed by atoms with E-state index in [1.54, 1.807) is 21.0 Å². The zero-order chi connectivity index (χ0) is 32.4. The normalized spacial score (nSPS) is 14.4. The van der Waals surface area contributed by atoms with Gasteiger partial charge in [0.1, 0.15) is 5.75 Å². The van der Waals surface area contributed by atoms with E-state index in [2.05, 4.69) is 67.2 Å². The van der Waals surface area contributed by atoms with E-state index in [-0.39, 0.29) is 17.0 Å². The molecule has 0 fully saturated rings. The second-order valence-corrected chi connectivity index (χ2v) is 13.3. The number of carbonyl (C=O) groups is 2. The van der Waals surface area contributed by atoms with E-state index in [1.165, 1.54) is 65.7 Å². The van der Waals surface area contributed by atoms with Crippen molar-refractivity contribution < 1.29 is 14.3 Å². The van der Waals surface area contributed by atoms with Crippen molar-refractivity contribution in [2.45, 2.75) is 97.3 Å². The summed E-state index contributed by atoms with van der Waals surface area (Å²) in [6.45, 7) is 7.86. The molecule has 0 aromatic heterocycles. The van der Waals surface area contributed by atoms with Gasteiger partial charge in [-0.05, 0) is 120 Å². The number of allylic oxidation sites excluding steroid dienone is 1. The molecule has 1 heterocycles. The minimum atomic E-state index is -0.237. The number of benzene rings is 2. The molecule has 4 aliphatic rings. The Kier molecular flexibility index (Phi) is 9.18. The molecular formula is C42H47NO3. The molecule has 4 nitrogen and oxygen atoms in total. The molecule has 0 atom stereocenters. The second kappa shape index (κ2) is 13.3. The maximum Gasteiger partial charge on any atom is 0.161 e. The molecule has 0 unspecified atom stereocenters. The predicted octanol–water partition coefficient (Wildman–Crippen LogP) is 9.22. The third-order valence-corrected chi connectivity index (χ3v) is 10.3. The predicted molar refractivity (Wildman–Crippen MR) is 190 cm³/mol. The van der Waals surface area contributed by atoms with E-state index < -0.39 is 0 Å². The molecule has 6 rings (SSSR count). The van der Waals surface area contributed by atoms with Gasteiger partial charge < -0.3 is 9.30 Å². The number of hydrogen-bond acceptors (Lipinski definition) is 3. The van der Waals surface area contributed by atoms with Crippen LogP contribution in [0.1, 0.15) is 124 Å². The molecule has 0 amide bonds. The van der Waals surface area contributed by atoms with Gasteiger partial charge in [0, 0.05) is 40.2 Å². The Bertz CT molecular complexity index is 1890. The Morgan fingerprint density at radius 3 is 2.09 bits per heavy atom. The first kappa shape index (κ1) is 31.8. The smallest absolute Gasteiger partial charge is 0.161 e. The molecule has 2 aromatic rings. The fourth-order valence-corrected chi connectivity index (χ4v) is 8.06. The topological polar surface area (TPSA) is 48.3 Å². The van der Waals surface area contributed by atoms with Crippen LogP contribution in [0, 0.1) is 0 Å². The van der Waals surface area contributed by atoms with Gasteiger partial charge in [0.25, 0.3) is 0 Å². The van der Waals surface area contributed by atoms with Gasteiger partial charge in [0.05, 0.1) is 7.11 Å². The van der Waals surface area contributed by atoms with Crippen molar-refractivity contribution in [1.82, 2.24) is 4.57 Å². The van der Waals surface area contributed by atoms with E-state index in [0.29, 0.717) is 5.56 Å². The lowest BCUT2D eigenvalue weighted by atomic mass is 9.62. The van der Waals surface area contributed by atoms with Gasteiger partial charge in [0.15, 0.2) is 11.6 Å². The number of fused-ring (bicyclic) bond motifs is 5. The molecule has 0 saturated carbocycles. The van der Waals surface area contributed by atoms with Gasteiger partial charge in [-0.3, -0.25) is 9.59 Å². The van der Waals surface area contributed by atoms with E-state index in [1.807, 2.05) is 24.3 Å². The molecule has 2 aromatic carbocycles. The number of ketones is 2. The first-order valence-electron chi connectivity index (χ1n) is 17.3. The number of rotatable bonds is 14. The molecule has 46 heavy (non-hydrogen) atoms. The summed E-state index contributed by atoms with van der Waals surface area (Å²) in [6, 6.07) is 16.4. The SMILES string of the molecule is CCCCCCC1(CCCCCC)C2=c3cc(OC)ccc3=CC2=Cc2c(C(C)=O)c3ccn(-c4ccc(C(C)=O)cc4)cc-3c21. The number of ether oxygens (including phenoxy) is 1. The third kappa shape index (κ3) is 5.57. The average molecular weight is 614 g/mol. The van der Waals surface area contributed by atoms with Crippen LogP contribution in [0.3, 0.4) is 0 Å². The van der Waals surface area contributed by atoms with Gasteiger partial charge in [-0.1, -0.05) is 71.3 Å². The molecular weight excluding hydrogens is 566 g/mol. The maximum atomic E-state index is 13.6. The molecule has 0 N–H and O–H groups in total. The minimum absolute atomic E-state index is 0.0593. The van der Waals surface area contributed by atoms with Crippen LogP contribution in [0.2, 0.25) is 0 Å². The number of carbonyl (C=O) groups excluding carboxylic acids is 2. The highest BCUT2D eigenvalue weighted by Crippen LogP contribution is 2.57. The van der Waals surface area contributed by atoms with Crippen molar-refractivity contribution in [3.8, 4) is 22.6 Å². The summed E-state index contributed by atoms with van der Waals surface area (Å²) in [5.74, 6) is 1.04. The fourth-order valence-electron chi connectivity index (χ4n) is 8.06. The zero-order valence-electron chi connectivity index (χ0n) is 28.2. The Labute approximate surface area is 273 Å². The Morgan fingerprint density at radius 1 is 0.783 bits per heavy atom. The lowest BCUT2D eigenvalue weighted by molar-refractivity contribution is 0.100. The van der Waals surface area contributed by atoms with E-state index >= 15 is 0 Å². The van der Waals surface area contributed by atoms with Crippen LogP contribution in [0.25, 0.3) is 34.5 Å². The Hall–Kier alpha value is -4.18. The number of methoxy groups -OCH3 is 1. The first-order valence-corrected chi connectivity index (χ1v) is 17.3. The standard InChI is InChI=1S/C42H47NO3/c1-6-8-10-12-21-42(22-13-11-9-7-2)40-32(24-31-16-19-34(46-5)26-36(31)40)25-37-39(29(4)45)35-20-23-43(27-38(35)41(37)42)33-17-14-30(15-18-33)28(3)44/h14-20,23-27H,6-13,21-22H2,1-5H3. The monoisotopic (exact) mass is 613 g/mol. The second-order valence-electron chi connectivity index (χ2n) is 13.3. The molecule has 0 saturated heterocycles. The van der Waals surface area contributed by atoms with Crippen LogP contribution in [-0.2, 0) is 5.41 Å². The maximum absolute atomic E-state index is 13.6. The molecule has 0 spiro atoms. The van der Waals surface area contributed by atoms with Crippen LogP contribution in [0.15, 0.2) is 66.5 Å². The van der Waals surface area contributed by atoms with Gasteiger partial charge in [-0.25, -0.2) is 0 Å². The van der Waals surface area contributed by atoms with Crippen LogP contribution >= 0.6 is 0 Å². The summed E-state index contributed by atoms with van der Waals surface area (Å²) in [5, 5.41) is 2.50. The lowest BCUT2D eigenvalue weighted by Gasteiger charge is -2.41.